The highest BCUT2D eigenvalue weighted by molar-refractivity contribution is 7.90. The van der Waals surface area contributed by atoms with Gasteiger partial charge in [-0.1, -0.05) is 19.1 Å². The molecular weight excluding hydrogens is 503 g/mol. The summed E-state index contributed by atoms with van der Waals surface area (Å²) in [6.45, 7) is 3.18. The molecular formula is C25H31FN4O6S. The predicted molar refractivity (Wildman–Crippen MR) is 140 cm³/mol. The second-order valence-electron chi connectivity index (χ2n) is 8.77. The minimum absolute atomic E-state index is 0.119. The number of ether oxygens (including phenoxy) is 1. The zero-order valence-corrected chi connectivity index (χ0v) is 22.2. The number of carbonyl (C=O) groups is 1. The summed E-state index contributed by atoms with van der Waals surface area (Å²) in [5.74, 6) is -0.579. The summed E-state index contributed by atoms with van der Waals surface area (Å²) in [6, 6.07) is 9.05. The summed E-state index contributed by atoms with van der Waals surface area (Å²) in [4.78, 5) is 28.4. The molecule has 0 spiro atoms. The fourth-order valence-corrected chi connectivity index (χ4v) is 4.36. The third kappa shape index (κ3) is 6.85. The molecule has 200 valence electrons. The molecule has 0 fully saturated rings. The number of hydrogen-bond donors (Lipinski definition) is 2. The van der Waals surface area contributed by atoms with Crippen LogP contribution in [0.4, 0.5) is 14.9 Å². The van der Waals surface area contributed by atoms with Crippen LogP contribution in [0.2, 0.25) is 0 Å². The minimum atomic E-state index is -3.94. The van der Waals surface area contributed by atoms with Gasteiger partial charge in [-0.25, -0.2) is 18.7 Å². The number of benzene rings is 2. The van der Waals surface area contributed by atoms with E-state index in [1.54, 1.807) is 26.2 Å². The van der Waals surface area contributed by atoms with Crippen molar-refractivity contribution in [1.29, 1.82) is 0 Å². The number of carbonyl (C=O) groups excluding carboxylic acids is 1. The second-order valence-corrected chi connectivity index (χ2v) is 10.4. The smallest absolute Gasteiger partial charge is 0.414 e. The molecule has 0 aliphatic heterocycles. The van der Waals surface area contributed by atoms with Crippen LogP contribution in [0.1, 0.15) is 30.0 Å². The summed E-state index contributed by atoms with van der Waals surface area (Å²) in [6.07, 6.45) is 0.190. The average Bonchev–Trinajstić information content (AvgIpc) is 2.83. The Balaban J connectivity index is 2.11. The van der Waals surface area contributed by atoms with E-state index in [2.05, 4.69) is 9.44 Å². The number of hydrogen-bond acceptors (Lipinski definition) is 7. The monoisotopic (exact) mass is 534 g/mol. The van der Waals surface area contributed by atoms with Crippen molar-refractivity contribution < 1.29 is 26.8 Å². The van der Waals surface area contributed by atoms with E-state index < -0.39 is 27.7 Å². The van der Waals surface area contributed by atoms with Gasteiger partial charge in [-0.3, -0.25) is 4.72 Å². The maximum absolute atomic E-state index is 15.3. The van der Waals surface area contributed by atoms with E-state index >= 15 is 4.39 Å². The molecule has 12 heteroatoms. The molecule has 37 heavy (non-hydrogen) atoms. The highest BCUT2D eigenvalue weighted by Gasteiger charge is 2.21. The molecule has 3 rings (SSSR count). The van der Waals surface area contributed by atoms with Crippen molar-refractivity contribution in [3.63, 3.8) is 0 Å². The SMILES string of the molecule is CCCN(C)Cc1c(Cc2cccc(NS(=O)(=O)NC)c2F)c(=O)oc2cc(OC(=O)N(C)C)ccc12. The van der Waals surface area contributed by atoms with Gasteiger partial charge in [0.2, 0.25) is 0 Å². The first kappa shape index (κ1) is 28.1. The molecule has 0 atom stereocenters. The second kappa shape index (κ2) is 11.7. The van der Waals surface area contributed by atoms with Gasteiger partial charge in [0.15, 0.2) is 5.82 Å². The molecule has 3 aromatic rings. The summed E-state index contributed by atoms with van der Waals surface area (Å²) in [7, 11) is 2.28. The van der Waals surface area contributed by atoms with Crippen molar-refractivity contribution in [1.82, 2.24) is 14.5 Å². The molecule has 1 heterocycles. The third-order valence-corrected chi connectivity index (χ3v) is 6.68. The van der Waals surface area contributed by atoms with E-state index in [1.807, 2.05) is 18.9 Å². The minimum Gasteiger partial charge on any atom is -0.422 e. The number of nitrogens with one attached hydrogen (secondary N) is 2. The van der Waals surface area contributed by atoms with Crippen LogP contribution in [0.3, 0.4) is 0 Å². The number of halogens is 1. The topological polar surface area (TPSA) is 121 Å². The maximum Gasteiger partial charge on any atom is 0.414 e. The van der Waals surface area contributed by atoms with E-state index in [1.165, 1.54) is 36.2 Å². The van der Waals surface area contributed by atoms with Crippen molar-refractivity contribution in [3.05, 3.63) is 69.3 Å². The maximum atomic E-state index is 15.3. The summed E-state index contributed by atoms with van der Waals surface area (Å²) in [5.41, 5.74) is 0.347. The lowest BCUT2D eigenvalue weighted by atomic mass is 9.97. The van der Waals surface area contributed by atoms with Crippen molar-refractivity contribution in [2.75, 3.05) is 39.5 Å². The van der Waals surface area contributed by atoms with Gasteiger partial charge in [-0.2, -0.15) is 8.42 Å². The molecule has 2 N–H and O–H groups in total. The van der Waals surface area contributed by atoms with Crippen molar-refractivity contribution >= 4 is 33.0 Å². The first-order valence-electron chi connectivity index (χ1n) is 11.6. The Kier molecular flexibility index (Phi) is 8.89. The molecule has 0 unspecified atom stereocenters. The Morgan fingerprint density at radius 2 is 1.86 bits per heavy atom. The summed E-state index contributed by atoms with van der Waals surface area (Å²) in [5, 5.41) is 0.620. The van der Waals surface area contributed by atoms with Gasteiger partial charge in [-0.05, 0) is 49.3 Å². The molecule has 0 saturated carbocycles. The Hall–Kier alpha value is -3.48. The van der Waals surface area contributed by atoms with Gasteiger partial charge in [0.05, 0.1) is 5.69 Å². The first-order valence-corrected chi connectivity index (χ1v) is 13.1. The average molecular weight is 535 g/mol. The molecule has 0 aliphatic rings. The van der Waals surface area contributed by atoms with Crippen LogP contribution in [-0.2, 0) is 23.2 Å². The van der Waals surface area contributed by atoms with E-state index in [0.717, 1.165) is 13.0 Å². The lowest BCUT2D eigenvalue weighted by Crippen LogP contribution is -2.27. The molecule has 1 amide bonds. The molecule has 10 nitrogen and oxygen atoms in total. The van der Waals surface area contributed by atoms with Crippen LogP contribution >= 0.6 is 0 Å². The van der Waals surface area contributed by atoms with E-state index in [9.17, 15) is 18.0 Å². The molecule has 0 aliphatic carbocycles. The van der Waals surface area contributed by atoms with Crippen molar-refractivity contribution in [2.24, 2.45) is 0 Å². The summed E-state index contributed by atoms with van der Waals surface area (Å²) < 4.78 is 54.1. The highest BCUT2D eigenvalue weighted by Crippen LogP contribution is 2.28. The predicted octanol–water partition coefficient (Wildman–Crippen LogP) is 3.30. The molecule has 0 radical (unpaired) electrons. The Bertz CT molecular complexity index is 1460. The number of anilines is 1. The first-order chi connectivity index (χ1) is 17.5. The zero-order chi connectivity index (χ0) is 27.3. The number of rotatable bonds is 10. The van der Waals surface area contributed by atoms with Gasteiger partial charge in [0, 0.05) is 51.1 Å². The van der Waals surface area contributed by atoms with E-state index in [4.69, 9.17) is 9.15 Å². The van der Waals surface area contributed by atoms with E-state index in [-0.39, 0.29) is 34.6 Å². The van der Waals surface area contributed by atoms with Crippen LogP contribution in [0.25, 0.3) is 11.0 Å². The highest BCUT2D eigenvalue weighted by atomic mass is 32.2. The molecule has 1 aromatic heterocycles. The van der Waals surface area contributed by atoms with Gasteiger partial charge in [-0.15, -0.1) is 0 Å². The molecule has 0 bridgehead atoms. The quantitative estimate of drug-likeness (QED) is 0.383. The van der Waals surface area contributed by atoms with Crippen LogP contribution in [-0.4, -0.2) is 59.0 Å². The Morgan fingerprint density at radius 1 is 1.14 bits per heavy atom. The van der Waals surface area contributed by atoms with Crippen LogP contribution in [0, 0.1) is 5.82 Å². The van der Waals surface area contributed by atoms with Gasteiger partial charge in [0.25, 0.3) is 10.2 Å². The van der Waals surface area contributed by atoms with Gasteiger partial charge >= 0.3 is 11.7 Å². The van der Waals surface area contributed by atoms with Gasteiger partial charge < -0.3 is 19.0 Å². The van der Waals surface area contributed by atoms with Crippen molar-refractivity contribution in [2.45, 2.75) is 26.3 Å². The Morgan fingerprint density at radius 3 is 2.51 bits per heavy atom. The lowest BCUT2D eigenvalue weighted by Gasteiger charge is -2.20. The number of amides is 1. The Labute approximate surface area is 215 Å². The van der Waals surface area contributed by atoms with Gasteiger partial charge in [0.1, 0.15) is 11.3 Å². The normalized spacial score (nSPS) is 11.6. The fourth-order valence-electron chi connectivity index (χ4n) is 3.81. The third-order valence-electron chi connectivity index (χ3n) is 5.65. The largest absolute Gasteiger partial charge is 0.422 e. The molecule has 0 saturated heterocycles. The van der Waals surface area contributed by atoms with Crippen LogP contribution in [0.5, 0.6) is 5.75 Å². The van der Waals surface area contributed by atoms with Crippen LogP contribution in [0.15, 0.2) is 45.6 Å². The number of fused-ring (bicyclic) bond motifs is 1. The summed E-state index contributed by atoms with van der Waals surface area (Å²) >= 11 is 0. The van der Waals surface area contributed by atoms with Crippen molar-refractivity contribution in [3.8, 4) is 5.75 Å². The van der Waals surface area contributed by atoms with E-state index in [0.29, 0.717) is 17.5 Å². The number of nitrogens with zero attached hydrogens (tertiary/aromatic N) is 2. The lowest BCUT2D eigenvalue weighted by molar-refractivity contribution is 0.172. The standard InChI is InChI=1S/C25H31FN4O6S/c1-6-12-30(5)15-20-18-11-10-17(35-25(32)29(3)4)14-22(18)36-24(31)19(20)13-16-8-7-9-21(23(16)26)28-37(33,34)27-2/h7-11,14,27-28H,6,12-13,15H2,1-5H3. The zero-order valence-electron chi connectivity index (χ0n) is 21.4. The fraction of sp³-hybridized carbons (Fsp3) is 0.360. The molecule has 2 aromatic carbocycles. The van der Waals surface area contributed by atoms with Crippen LogP contribution < -0.4 is 19.8 Å².